The molecule has 0 aliphatic rings. The van der Waals surface area contributed by atoms with E-state index in [-0.39, 0.29) is 5.25 Å². The summed E-state index contributed by atoms with van der Waals surface area (Å²) < 4.78 is 11.9. The lowest BCUT2D eigenvalue weighted by Gasteiger charge is -2.10. The third kappa shape index (κ3) is 4.25. The van der Waals surface area contributed by atoms with E-state index in [9.17, 15) is 4.21 Å². The van der Waals surface area contributed by atoms with Gasteiger partial charge in [0.05, 0.1) is 0 Å². The van der Waals surface area contributed by atoms with Crippen LogP contribution in [-0.2, 0) is 10.8 Å². The number of rotatable bonds is 4. The van der Waals surface area contributed by atoms with E-state index in [4.69, 9.17) is 0 Å². The van der Waals surface area contributed by atoms with Gasteiger partial charge in [0.1, 0.15) is 16.2 Å². The second-order valence-corrected chi connectivity index (χ2v) is 5.93. The largest absolute Gasteiger partial charge is 0.369 e. The summed E-state index contributed by atoms with van der Waals surface area (Å²) in [7, 11) is -0.812. The zero-order chi connectivity index (χ0) is 11.4. The van der Waals surface area contributed by atoms with Crippen molar-refractivity contribution in [3.8, 4) is 0 Å². The third-order valence-electron chi connectivity index (χ3n) is 1.94. The number of aromatic nitrogens is 2. The fourth-order valence-electron chi connectivity index (χ4n) is 0.987. The maximum atomic E-state index is 11.1. The average Bonchev–Trinajstić information content (AvgIpc) is 2.12. The van der Waals surface area contributed by atoms with E-state index in [0.717, 1.165) is 10.4 Å². The molecular weight excluding hydrogens is 278 g/mol. The van der Waals surface area contributed by atoms with Gasteiger partial charge in [-0.25, -0.2) is 9.97 Å². The molecule has 6 heteroatoms. The molecule has 0 radical (unpaired) electrons. The summed E-state index contributed by atoms with van der Waals surface area (Å²) in [5, 5.41) is 3.24. The zero-order valence-electron chi connectivity index (χ0n) is 8.95. The first-order valence-corrected chi connectivity index (χ1v) is 6.97. The Kier molecular flexibility index (Phi) is 4.66. The molecule has 2 unspecified atom stereocenters. The Morgan fingerprint density at radius 1 is 1.60 bits per heavy atom. The number of halogens is 1. The first-order valence-electron chi connectivity index (χ1n) is 4.56. The fourth-order valence-corrected chi connectivity index (χ4v) is 1.78. The Morgan fingerprint density at radius 2 is 2.27 bits per heavy atom. The second kappa shape index (κ2) is 5.55. The maximum Gasteiger partial charge on any atom is 0.130 e. The predicted octanol–water partition coefficient (Wildman–Crippen LogP) is 1.73. The van der Waals surface area contributed by atoms with Crippen LogP contribution in [0.4, 0.5) is 5.82 Å². The van der Waals surface area contributed by atoms with Crippen molar-refractivity contribution in [3.63, 3.8) is 0 Å². The number of hydrogen-bond acceptors (Lipinski definition) is 4. The highest BCUT2D eigenvalue weighted by Gasteiger charge is 2.06. The van der Waals surface area contributed by atoms with E-state index in [0.29, 0.717) is 12.4 Å². The van der Waals surface area contributed by atoms with Crippen molar-refractivity contribution in [2.45, 2.75) is 19.1 Å². The maximum absolute atomic E-state index is 11.1. The molecule has 0 aliphatic heterocycles. The Morgan fingerprint density at radius 3 is 2.80 bits per heavy atom. The van der Waals surface area contributed by atoms with Crippen molar-refractivity contribution in [2.24, 2.45) is 0 Å². The van der Waals surface area contributed by atoms with Crippen LogP contribution in [0.3, 0.4) is 0 Å². The highest BCUT2D eigenvalue weighted by molar-refractivity contribution is 9.10. The van der Waals surface area contributed by atoms with Crippen molar-refractivity contribution in [2.75, 3.05) is 18.1 Å². The average molecular weight is 292 g/mol. The number of aryl methyl sites for hydroxylation is 1. The molecule has 4 nitrogen and oxygen atoms in total. The van der Waals surface area contributed by atoms with Crippen molar-refractivity contribution in [1.29, 1.82) is 0 Å². The first-order chi connectivity index (χ1) is 6.99. The van der Waals surface area contributed by atoms with Crippen molar-refractivity contribution < 1.29 is 4.21 Å². The summed E-state index contributed by atoms with van der Waals surface area (Å²) >= 11 is 3.30. The molecule has 0 fully saturated rings. The zero-order valence-corrected chi connectivity index (χ0v) is 11.4. The smallest absolute Gasteiger partial charge is 0.130 e. The van der Waals surface area contributed by atoms with Crippen LogP contribution in [0.15, 0.2) is 10.7 Å². The SMILES string of the molecule is Cc1nc(Br)cc(NCC(C)S(C)=O)n1. The van der Waals surface area contributed by atoms with E-state index < -0.39 is 10.8 Å². The molecule has 0 bridgehead atoms. The lowest BCUT2D eigenvalue weighted by Crippen LogP contribution is -2.21. The molecule has 0 spiro atoms. The molecule has 1 N–H and O–H groups in total. The summed E-state index contributed by atoms with van der Waals surface area (Å²) in [6, 6.07) is 1.80. The van der Waals surface area contributed by atoms with Gasteiger partial charge in [0.25, 0.3) is 0 Å². The lowest BCUT2D eigenvalue weighted by atomic mass is 10.4. The molecule has 0 saturated carbocycles. The molecule has 15 heavy (non-hydrogen) atoms. The topological polar surface area (TPSA) is 54.9 Å². The van der Waals surface area contributed by atoms with Crippen LogP contribution in [0.1, 0.15) is 12.7 Å². The quantitative estimate of drug-likeness (QED) is 0.859. The van der Waals surface area contributed by atoms with Gasteiger partial charge in [0, 0.05) is 34.9 Å². The molecule has 1 aromatic heterocycles. The van der Waals surface area contributed by atoms with Crippen molar-refractivity contribution in [3.05, 3.63) is 16.5 Å². The van der Waals surface area contributed by atoms with Gasteiger partial charge in [-0.3, -0.25) is 4.21 Å². The van der Waals surface area contributed by atoms with E-state index >= 15 is 0 Å². The molecule has 0 amide bonds. The Bertz CT molecular complexity index is 352. The molecule has 0 saturated heterocycles. The van der Waals surface area contributed by atoms with Gasteiger partial charge >= 0.3 is 0 Å². The standard InChI is InChI=1S/C9H14BrN3OS/c1-6(15(3)14)5-11-9-4-8(10)12-7(2)13-9/h4,6H,5H2,1-3H3,(H,11,12,13). The lowest BCUT2D eigenvalue weighted by molar-refractivity contribution is 0.678. The molecule has 1 aromatic rings. The fraction of sp³-hybridized carbons (Fsp3) is 0.556. The van der Waals surface area contributed by atoms with Crippen LogP contribution in [0, 0.1) is 6.92 Å². The summed E-state index contributed by atoms with van der Waals surface area (Å²) in [5.41, 5.74) is 0. The molecule has 84 valence electrons. The Hall–Kier alpha value is -0.490. The van der Waals surface area contributed by atoms with Gasteiger partial charge in [-0.1, -0.05) is 0 Å². The minimum absolute atomic E-state index is 0.110. The van der Waals surface area contributed by atoms with Crippen LogP contribution >= 0.6 is 15.9 Å². The van der Waals surface area contributed by atoms with Crippen molar-refractivity contribution in [1.82, 2.24) is 9.97 Å². The molecule has 1 rings (SSSR count). The summed E-state index contributed by atoms with van der Waals surface area (Å²) in [4.78, 5) is 8.32. The van der Waals surface area contributed by atoms with Gasteiger partial charge in [0.15, 0.2) is 0 Å². The van der Waals surface area contributed by atoms with Gasteiger partial charge in [-0.05, 0) is 29.8 Å². The molecular formula is C9H14BrN3OS. The minimum Gasteiger partial charge on any atom is -0.369 e. The monoisotopic (exact) mass is 291 g/mol. The molecule has 1 heterocycles. The molecule has 0 aliphatic carbocycles. The molecule has 0 aromatic carbocycles. The number of hydrogen-bond donors (Lipinski definition) is 1. The van der Waals surface area contributed by atoms with Crippen LogP contribution in [0.2, 0.25) is 0 Å². The van der Waals surface area contributed by atoms with Gasteiger partial charge in [-0.2, -0.15) is 0 Å². The summed E-state index contributed by atoms with van der Waals surface area (Å²) in [6.07, 6.45) is 1.70. The third-order valence-corrected chi connectivity index (χ3v) is 3.65. The second-order valence-electron chi connectivity index (χ2n) is 3.31. The summed E-state index contributed by atoms with van der Waals surface area (Å²) in [6.45, 7) is 4.41. The van der Waals surface area contributed by atoms with Crippen LogP contribution in [0.5, 0.6) is 0 Å². The number of nitrogens with one attached hydrogen (secondary N) is 1. The Balaban J connectivity index is 2.61. The van der Waals surface area contributed by atoms with E-state index in [1.807, 2.05) is 13.8 Å². The van der Waals surface area contributed by atoms with Gasteiger partial charge in [-0.15, -0.1) is 0 Å². The normalized spacial score (nSPS) is 14.7. The van der Waals surface area contributed by atoms with Gasteiger partial charge < -0.3 is 5.32 Å². The predicted molar refractivity (Wildman–Crippen MR) is 66.5 cm³/mol. The molecule has 2 atom stereocenters. The number of nitrogens with zero attached hydrogens (tertiary/aromatic N) is 2. The van der Waals surface area contributed by atoms with Crippen LogP contribution in [-0.4, -0.2) is 32.2 Å². The van der Waals surface area contributed by atoms with E-state index in [1.54, 1.807) is 12.3 Å². The highest BCUT2D eigenvalue weighted by atomic mass is 79.9. The first kappa shape index (κ1) is 12.6. The van der Waals surface area contributed by atoms with Gasteiger partial charge in [0.2, 0.25) is 0 Å². The number of anilines is 1. The van der Waals surface area contributed by atoms with E-state index in [1.165, 1.54) is 0 Å². The highest BCUT2D eigenvalue weighted by Crippen LogP contribution is 2.11. The van der Waals surface area contributed by atoms with Crippen LogP contribution in [0.25, 0.3) is 0 Å². The summed E-state index contributed by atoms with van der Waals surface area (Å²) in [5.74, 6) is 1.46. The Labute approximate surface area is 100 Å². The van der Waals surface area contributed by atoms with E-state index in [2.05, 4.69) is 31.2 Å². The van der Waals surface area contributed by atoms with Crippen LogP contribution < -0.4 is 5.32 Å². The van der Waals surface area contributed by atoms with Crippen molar-refractivity contribution >= 4 is 32.5 Å². The minimum atomic E-state index is -0.812.